The molecule has 0 aliphatic carbocycles. The van der Waals surface area contributed by atoms with E-state index in [1.165, 1.54) is 6.08 Å². The van der Waals surface area contributed by atoms with Crippen LogP contribution in [0.2, 0.25) is 0 Å². The summed E-state index contributed by atoms with van der Waals surface area (Å²) in [6.45, 7) is -0.243. The van der Waals surface area contributed by atoms with E-state index >= 15 is 0 Å². The summed E-state index contributed by atoms with van der Waals surface area (Å²) in [7, 11) is 0. The number of carbonyl (C=O) groups is 2. The Morgan fingerprint density at radius 2 is 1.52 bits per heavy atom. The SMILES string of the molecule is N#Cc1ccc(-c2ccc(OCC(=O)NNC(=O)/C=C/c3ccc(Br)cc3)cc2)cc1. The highest BCUT2D eigenvalue weighted by Crippen LogP contribution is 2.22. The van der Waals surface area contributed by atoms with Gasteiger partial charge < -0.3 is 4.74 Å². The van der Waals surface area contributed by atoms with E-state index in [9.17, 15) is 9.59 Å². The summed E-state index contributed by atoms with van der Waals surface area (Å²) >= 11 is 3.34. The van der Waals surface area contributed by atoms with Crippen LogP contribution in [0.1, 0.15) is 11.1 Å². The van der Waals surface area contributed by atoms with Gasteiger partial charge in [-0.3, -0.25) is 20.4 Å². The molecule has 0 saturated heterocycles. The van der Waals surface area contributed by atoms with Crippen LogP contribution in [-0.4, -0.2) is 18.4 Å². The lowest BCUT2D eigenvalue weighted by atomic mass is 10.0. The highest BCUT2D eigenvalue weighted by molar-refractivity contribution is 9.10. The third kappa shape index (κ3) is 6.84. The number of hydrogen-bond donors (Lipinski definition) is 2. The Hall–Kier alpha value is -3.89. The number of amides is 2. The van der Waals surface area contributed by atoms with Gasteiger partial charge in [-0.15, -0.1) is 0 Å². The highest BCUT2D eigenvalue weighted by Gasteiger charge is 2.05. The van der Waals surface area contributed by atoms with Crippen LogP contribution in [0, 0.1) is 11.3 Å². The van der Waals surface area contributed by atoms with E-state index in [1.807, 2.05) is 48.5 Å². The number of halogens is 1. The Morgan fingerprint density at radius 1 is 0.903 bits per heavy atom. The fraction of sp³-hybridized carbons (Fsp3) is 0.0417. The predicted molar refractivity (Wildman–Crippen MR) is 122 cm³/mol. The van der Waals surface area contributed by atoms with Crippen LogP contribution in [-0.2, 0) is 9.59 Å². The Kier molecular flexibility index (Phi) is 7.57. The molecule has 31 heavy (non-hydrogen) atoms. The zero-order chi connectivity index (χ0) is 22.1. The van der Waals surface area contributed by atoms with Crippen LogP contribution in [0.15, 0.2) is 83.3 Å². The van der Waals surface area contributed by atoms with Gasteiger partial charge >= 0.3 is 0 Å². The average Bonchev–Trinajstić information content (AvgIpc) is 2.81. The Balaban J connectivity index is 1.43. The Bertz CT molecular complexity index is 1120. The molecule has 0 atom stereocenters. The molecule has 0 unspecified atom stereocenters. The van der Waals surface area contributed by atoms with Crippen molar-refractivity contribution in [3.8, 4) is 22.9 Å². The van der Waals surface area contributed by atoms with E-state index in [1.54, 1.807) is 30.3 Å². The summed E-state index contributed by atoms with van der Waals surface area (Å²) in [5.74, 6) is -0.418. The molecule has 0 saturated carbocycles. The average molecular weight is 476 g/mol. The van der Waals surface area contributed by atoms with Crippen LogP contribution in [0.5, 0.6) is 5.75 Å². The van der Waals surface area contributed by atoms with Crippen molar-refractivity contribution in [1.29, 1.82) is 5.26 Å². The first-order chi connectivity index (χ1) is 15.0. The largest absolute Gasteiger partial charge is 0.484 e. The first-order valence-electron chi connectivity index (χ1n) is 9.29. The number of hydrazine groups is 1. The maximum atomic E-state index is 11.9. The molecule has 0 fully saturated rings. The predicted octanol–water partition coefficient (Wildman–Crippen LogP) is 4.23. The minimum atomic E-state index is -0.485. The number of ether oxygens (including phenoxy) is 1. The van der Waals surface area contributed by atoms with Crippen LogP contribution in [0.4, 0.5) is 0 Å². The van der Waals surface area contributed by atoms with Crippen molar-refractivity contribution in [3.63, 3.8) is 0 Å². The Labute approximate surface area is 188 Å². The molecule has 0 spiro atoms. The van der Waals surface area contributed by atoms with Gasteiger partial charge in [-0.25, -0.2) is 0 Å². The van der Waals surface area contributed by atoms with E-state index in [-0.39, 0.29) is 6.61 Å². The molecule has 0 aromatic heterocycles. The van der Waals surface area contributed by atoms with Gasteiger partial charge in [0.2, 0.25) is 0 Å². The number of nitrogens with zero attached hydrogens (tertiary/aromatic N) is 1. The number of nitriles is 1. The normalized spacial score (nSPS) is 10.3. The van der Waals surface area contributed by atoms with Crippen LogP contribution >= 0.6 is 15.9 Å². The van der Waals surface area contributed by atoms with E-state index in [2.05, 4.69) is 32.9 Å². The number of hydrogen-bond acceptors (Lipinski definition) is 4. The maximum absolute atomic E-state index is 11.9. The first kappa shape index (κ1) is 21.8. The summed E-state index contributed by atoms with van der Waals surface area (Å²) in [5, 5.41) is 8.86. The molecular formula is C24H18BrN3O3. The second-order valence-electron chi connectivity index (χ2n) is 6.42. The lowest BCUT2D eigenvalue weighted by Gasteiger charge is -2.08. The number of nitrogens with one attached hydrogen (secondary N) is 2. The monoisotopic (exact) mass is 475 g/mol. The van der Waals surface area contributed by atoms with Crippen molar-refractivity contribution in [3.05, 3.63) is 94.5 Å². The standard InChI is InChI=1S/C24H18BrN3O3/c25-21-10-3-17(4-11-21)5-14-23(29)27-28-24(30)16-31-22-12-8-20(9-13-22)19-6-1-18(15-26)2-7-19/h1-14H,16H2,(H,27,29)(H,28,30)/b14-5+. The third-order valence-electron chi connectivity index (χ3n) is 4.19. The quantitative estimate of drug-likeness (QED) is 0.412. The van der Waals surface area contributed by atoms with Crippen molar-refractivity contribution in [2.45, 2.75) is 0 Å². The van der Waals surface area contributed by atoms with Crippen molar-refractivity contribution in [2.24, 2.45) is 0 Å². The van der Waals surface area contributed by atoms with Crippen LogP contribution < -0.4 is 15.6 Å². The van der Waals surface area contributed by atoms with Crippen molar-refractivity contribution >= 4 is 33.8 Å². The molecule has 0 bridgehead atoms. The topological polar surface area (TPSA) is 91.2 Å². The zero-order valence-corrected chi connectivity index (χ0v) is 17.9. The summed E-state index contributed by atoms with van der Waals surface area (Å²) in [6.07, 6.45) is 2.96. The van der Waals surface area contributed by atoms with Crippen molar-refractivity contribution in [2.75, 3.05) is 6.61 Å². The van der Waals surface area contributed by atoms with Gasteiger partial charge in [-0.05, 0) is 59.2 Å². The molecular weight excluding hydrogens is 458 g/mol. The molecule has 3 aromatic carbocycles. The zero-order valence-electron chi connectivity index (χ0n) is 16.3. The molecule has 0 aliphatic heterocycles. The van der Waals surface area contributed by atoms with Gasteiger partial charge in [-0.2, -0.15) is 5.26 Å². The van der Waals surface area contributed by atoms with Gasteiger partial charge in [0.1, 0.15) is 5.75 Å². The van der Waals surface area contributed by atoms with Gasteiger partial charge in [0, 0.05) is 10.5 Å². The fourth-order valence-electron chi connectivity index (χ4n) is 2.58. The molecule has 3 rings (SSSR count). The second-order valence-corrected chi connectivity index (χ2v) is 7.34. The molecule has 154 valence electrons. The van der Waals surface area contributed by atoms with Crippen molar-refractivity contribution in [1.82, 2.24) is 10.9 Å². The number of rotatable bonds is 6. The lowest BCUT2D eigenvalue weighted by molar-refractivity contribution is -0.128. The number of benzene rings is 3. The third-order valence-corrected chi connectivity index (χ3v) is 4.72. The highest BCUT2D eigenvalue weighted by atomic mass is 79.9. The summed E-state index contributed by atoms with van der Waals surface area (Å²) in [5.41, 5.74) is 8.00. The maximum Gasteiger partial charge on any atom is 0.276 e. The lowest BCUT2D eigenvalue weighted by Crippen LogP contribution is -2.43. The minimum absolute atomic E-state index is 0.243. The van der Waals surface area contributed by atoms with Gasteiger partial charge in [-0.1, -0.05) is 52.3 Å². The smallest absolute Gasteiger partial charge is 0.276 e. The second kappa shape index (κ2) is 10.8. The molecule has 3 aromatic rings. The Morgan fingerprint density at radius 3 is 2.13 bits per heavy atom. The fourth-order valence-corrected chi connectivity index (χ4v) is 2.85. The molecule has 6 nitrogen and oxygen atoms in total. The van der Waals surface area contributed by atoms with Gasteiger partial charge in [0.15, 0.2) is 6.61 Å². The molecule has 0 heterocycles. The van der Waals surface area contributed by atoms with E-state index in [0.717, 1.165) is 21.2 Å². The molecule has 0 aliphatic rings. The van der Waals surface area contributed by atoms with E-state index in [4.69, 9.17) is 10.00 Å². The summed E-state index contributed by atoms with van der Waals surface area (Å²) in [4.78, 5) is 23.7. The molecule has 0 radical (unpaired) electrons. The summed E-state index contributed by atoms with van der Waals surface area (Å²) < 4.78 is 6.39. The van der Waals surface area contributed by atoms with Gasteiger partial charge in [0.25, 0.3) is 11.8 Å². The molecule has 2 amide bonds. The van der Waals surface area contributed by atoms with E-state index < -0.39 is 11.8 Å². The van der Waals surface area contributed by atoms with Crippen molar-refractivity contribution < 1.29 is 14.3 Å². The minimum Gasteiger partial charge on any atom is -0.484 e. The molecule has 2 N–H and O–H groups in total. The van der Waals surface area contributed by atoms with Gasteiger partial charge in [0.05, 0.1) is 11.6 Å². The number of carbonyl (C=O) groups excluding carboxylic acids is 2. The van der Waals surface area contributed by atoms with Crippen LogP contribution in [0.3, 0.4) is 0 Å². The van der Waals surface area contributed by atoms with E-state index in [0.29, 0.717) is 11.3 Å². The summed E-state index contributed by atoms with van der Waals surface area (Å²) in [6, 6.07) is 24.0. The molecule has 7 heteroatoms. The van der Waals surface area contributed by atoms with Crippen LogP contribution in [0.25, 0.3) is 17.2 Å². The first-order valence-corrected chi connectivity index (χ1v) is 10.1.